The number of hydrogen-bond acceptors (Lipinski definition) is 11. The molecule has 0 radical (unpaired) electrons. The van der Waals surface area contributed by atoms with E-state index in [0.717, 1.165) is 32.3 Å². The number of aliphatic carboxylic acids is 1. The van der Waals surface area contributed by atoms with Gasteiger partial charge in [0.2, 0.25) is 17.9 Å². The first-order valence-corrected chi connectivity index (χ1v) is 23.3. The van der Waals surface area contributed by atoms with E-state index in [2.05, 4.69) is 27.0 Å². The Morgan fingerprint density at radius 1 is 0.970 bits per heavy atom. The van der Waals surface area contributed by atoms with Crippen molar-refractivity contribution in [1.82, 2.24) is 14.6 Å². The summed E-state index contributed by atoms with van der Waals surface area (Å²) < 4.78 is 42.2. The molecule has 3 atom stereocenters. The van der Waals surface area contributed by atoms with E-state index in [1.807, 2.05) is 0 Å². The van der Waals surface area contributed by atoms with E-state index >= 15 is 0 Å². The van der Waals surface area contributed by atoms with Gasteiger partial charge in [-0.1, -0.05) is 89.1 Å². The molecule has 5 aromatic carbocycles. The molecule has 3 unspecified atom stereocenters. The molecule has 2 aliphatic heterocycles. The van der Waals surface area contributed by atoms with Crippen LogP contribution < -0.4 is 25.4 Å². The maximum absolute atomic E-state index is 14.6. The number of ether oxygens (including phenoxy) is 2. The lowest BCUT2D eigenvalue weighted by Crippen LogP contribution is -2.55. The van der Waals surface area contributed by atoms with Crippen LogP contribution in [0.4, 0.5) is 10.8 Å². The molecule has 15 nitrogen and oxygen atoms in total. The van der Waals surface area contributed by atoms with Gasteiger partial charge in [-0.05, 0) is 95.3 Å². The second kappa shape index (κ2) is 19.0. The van der Waals surface area contributed by atoms with Crippen LogP contribution in [-0.2, 0) is 55.2 Å². The van der Waals surface area contributed by atoms with Gasteiger partial charge in [0.1, 0.15) is 30.2 Å². The number of anilines is 2. The molecular formula is C47H38Cl2N6O9S2. The van der Waals surface area contributed by atoms with Crippen molar-refractivity contribution in [3.63, 3.8) is 0 Å². The third kappa shape index (κ3) is 9.88. The normalized spacial score (nSPS) is 16.1. The number of benzene rings is 5. The molecule has 4 N–H and O–H groups in total. The number of carboxylic acid groups (broad SMARTS) is 1. The molecule has 0 saturated carbocycles. The van der Waals surface area contributed by atoms with E-state index in [1.165, 1.54) is 13.8 Å². The Labute approximate surface area is 393 Å². The second-order valence-corrected chi connectivity index (χ2v) is 19.4. The minimum Gasteiger partial charge on any atom is -0.489 e. The SMILES string of the molecule is CC(=O)Nc1nc(C)c(S(=O)(=O)N2Cc3cc4c(cc3CC2C(=O)NC(Cc2ccc(-c3ccc(C#N)cc3)cc2)C(=O)O)NC(=O)C(c2ccc(OCc3ccc(Cl)c(Cl)c3)cc2)O4)s1. The highest BCUT2D eigenvalue weighted by atomic mass is 35.5. The molecule has 0 spiro atoms. The van der Waals surface area contributed by atoms with Gasteiger partial charge in [-0.3, -0.25) is 14.4 Å². The number of fused-ring (bicyclic) bond motifs is 2. The van der Waals surface area contributed by atoms with Crippen molar-refractivity contribution < 1.29 is 42.2 Å². The quantitative estimate of drug-likeness (QED) is 0.0874. The number of aryl methyl sites for hydroxylation is 1. The van der Waals surface area contributed by atoms with Crippen molar-refractivity contribution in [2.45, 2.75) is 62.2 Å². The van der Waals surface area contributed by atoms with Crippen molar-refractivity contribution in [2.75, 3.05) is 10.6 Å². The number of carbonyl (C=O) groups excluding carboxylic acids is 3. The summed E-state index contributed by atoms with van der Waals surface area (Å²) in [5, 5.41) is 28.3. The van der Waals surface area contributed by atoms with Crippen molar-refractivity contribution in [3.05, 3.63) is 152 Å². The predicted octanol–water partition coefficient (Wildman–Crippen LogP) is 7.83. The lowest BCUT2D eigenvalue weighted by atomic mass is 9.93. The molecule has 0 aliphatic carbocycles. The lowest BCUT2D eigenvalue weighted by Gasteiger charge is -2.36. The van der Waals surface area contributed by atoms with Crippen LogP contribution >= 0.6 is 34.5 Å². The van der Waals surface area contributed by atoms with Gasteiger partial charge >= 0.3 is 5.97 Å². The van der Waals surface area contributed by atoms with Crippen LogP contribution in [0, 0.1) is 18.3 Å². The summed E-state index contributed by atoms with van der Waals surface area (Å²) in [5.41, 5.74) is 5.51. The first-order chi connectivity index (χ1) is 31.6. The fourth-order valence-electron chi connectivity index (χ4n) is 7.60. The number of nitriles is 1. The van der Waals surface area contributed by atoms with Crippen LogP contribution in [0.15, 0.2) is 107 Å². The molecule has 6 aromatic rings. The lowest BCUT2D eigenvalue weighted by molar-refractivity contribution is -0.142. The van der Waals surface area contributed by atoms with Gasteiger partial charge in [0.05, 0.1) is 33.1 Å². The molecule has 1 aromatic heterocycles. The number of carbonyl (C=O) groups is 4. The van der Waals surface area contributed by atoms with E-state index in [0.29, 0.717) is 49.3 Å². The average Bonchev–Trinajstić information content (AvgIpc) is 3.67. The van der Waals surface area contributed by atoms with Crippen LogP contribution in [0.1, 0.15) is 52.1 Å². The Morgan fingerprint density at radius 3 is 2.30 bits per heavy atom. The van der Waals surface area contributed by atoms with Crippen LogP contribution in [0.25, 0.3) is 11.1 Å². The fourth-order valence-corrected chi connectivity index (χ4v) is 11.1. The van der Waals surface area contributed by atoms with Gasteiger partial charge in [0.15, 0.2) is 9.34 Å². The van der Waals surface area contributed by atoms with Gasteiger partial charge in [-0.2, -0.15) is 9.57 Å². The average molecular weight is 966 g/mol. The van der Waals surface area contributed by atoms with Crippen LogP contribution in [0.3, 0.4) is 0 Å². The molecule has 3 heterocycles. The third-order valence-electron chi connectivity index (χ3n) is 10.9. The molecule has 0 bridgehead atoms. The third-order valence-corrected chi connectivity index (χ3v) is 15.2. The molecule has 336 valence electrons. The minimum atomic E-state index is -4.53. The van der Waals surface area contributed by atoms with Crippen molar-refractivity contribution >= 4 is 79.1 Å². The Bertz CT molecular complexity index is 3050. The minimum absolute atomic E-state index is 0.0449. The largest absolute Gasteiger partial charge is 0.489 e. The summed E-state index contributed by atoms with van der Waals surface area (Å²) in [6.07, 6.45) is -1.39. The molecular weight excluding hydrogens is 928 g/mol. The van der Waals surface area contributed by atoms with Gasteiger partial charge < -0.3 is 30.5 Å². The number of sulfonamides is 1. The smallest absolute Gasteiger partial charge is 0.326 e. The summed E-state index contributed by atoms with van der Waals surface area (Å²) >= 11 is 12.9. The summed E-state index contributed by atoms with van der Waals surface area (Å²) in [4.78, 5) is 56.6. The van der Waals surface area contributed by atoms with Crippen LogP contribution in [-0.4, -0.2) is 58.6 Å². The molecule has 2 aliphatic rings. The standard InChI is InChI=1S/C47H38Cl2N6O9S2/c1-25-46(65-47(51-25)52-26(2)56)66(61,62)55-23-34-21-41-38(53-44(58)42(64-41)32-12-14-35(15-13-32)63-24-29-7-16-36(48)37(49)17-29)19-33(34)20-40(55)43(57)54-39(45(59)60)18-27-3-8-30(9-4-27)31-10-5-28(22-50)6-11-31/h3-17,19,21,39-40,42H,18,20,23-24H2,1-2H3,(H,53,58)(H,54,57)(H,59,60)(H,51,52,56). The molecule has 0 fully saturated rings. The van der Waals surface area contributed by atoms with E-state index in [1.54, 1.807) is 103 Å². The summed E-state index contributed by atoms with van der Waals surface area (Å²) in [5.74, 6) is -2.34. The molecule has 8 rings (SSSR count). The maximum atomic E-state index is 14.6. The van der Waals surface area contributed by atoms with Crippen molar-refractivity contribution in [3.8, 4) is 28.7 Å². The number of halogens is 2. The molecule has 3 amide bonds. The number of thiazole rings is 1. The highest BCUT2D eigenvalue weighted by molar-refractivity contribution is 7.91. The monoisotopic (exact) mass is 964 g/mol. The number of carboxylic acids is 1. The Morgan fingerprint density at radius 2 is 1.65 bits per heavy atom. The Balaban J connectivity index is 1.04. The van der Waals surface area contributed by atoms with Gasteiger partial charge in [-0.15, -0.1) is 0 Å². The number of amides is 3. The first-order valence-electron chi connectivity index (χ1n) is 20.3. The highest BCUT2D eigenvalue weighted by Crippen LogP contribution is 2.42. The molecule has 66 heavy (non-hydrogen) atoms. The van der Waals surface area contributed by atoms with Crippen LogP contribution in [0.5, 0.6) is 11.5 Å². The van der Waals surface area contributed by atoms with Gasteiger partial charge in [0.25, 0.3) is 15.9 Å². The zero-order valence-electron chi connectivity index (χ0n) is 35.0. The van der Waals surface area contributed by atoms with Gasteiger partial charge in [-0.25, -0.2) is 18.2 Å². The maximum Gasteiger partial charge on any atom is 0.326 e. The second-order valence-electron chi connectivity index (χ2n) is 15.5. The number of rotatable bonds is 13. The van der Waals surface area contributed by atoms with Crippen molar-refractivity contribution in [2.24, 2.45) is 0 Å². The van der Waals surface area contributed by atoms with Gasteiger partial charge in [0, 0.05) is 25.5 Å². The van der Waals surface area contributed by atoms with Crippen LogP contribution in [0.2, 0.25) is 10.0 Å². The zero-order chi connectivity index (χ0) is 46.9. The summed E-state index contributed by atoms with van der Waals surface area (Å²) in [6, 6.07) is 28.5. The van der Waals surface area contributed by atoms with E-state index in [-0.39, 0.29) is 46.8 Å². The van der Waals surface area contributed by atoms with E-state index < -0.39 is 51.9 Å². The number of hydrogen-bond donors (Lipinski definition) is 4. The number of aromatic nitrogens is 1. The Kier molecular flexibility index (Phi) is 13.1. The summed E-state index contributed by atoms with van der Waals surface area (Å²) in [6.45, 7) is 2.62. The number of nitrogens with one attached hydrogen (secondary N) is 3. The zero-order valence-corrected chi connectivity index (χ0v) is 38.1. The number of nitrogens with zero attached hydrogens (tertiary/aromatic N) is 3. The first kappa shape index (κ1) is 45.7. The van der Waals surface area contributed by atoms with E-state index in [9.17, 15) is 32.7 Å². The molecule has 0 saturated heterocycles. The fraction of sp³-hybridized carbons (Fsp3) is 0.191. The van der Waals surface area contributed by atoms with E-state index in [4.69, 9.17) is 37.9 Å². The predicted molar refractivity (Wildman–Crippen MR) is 247 cm³/mol. The molecule has 19 heteroatoms. The summed E-state index contributed by atoms with van der Waals surface area (Å²) in [7, 11) is -4.53. The highest BCUT2D eigenvalue weighted by Gasteiger charge is 2.43. The Hall–Kier alpha value is -6.81. The topological polar surface area (TPSA) is 217 Å². The van der Waals surface area contributed by atoms with Crippen molar-refractivity contribution in [1.29, 1.82) is 5.26 Å².